The molecule has 0 unspecified atom stereocenters. The van der Waals surface area contributed by atoms with Crippen molar-refractivity contribution in [1.82, 2.24) is 10.6 Å². The summed E-state index contributed by atoms with van der Waals surface area (Å²) in [6.45, 7) is 5.34. The molecule has 1 atom stereocenters. The fourth-order valence-corrected chi connectivity index (χ4v) is 2.61. The maximum absolute atomic E-state index is 11.9. The van der Waals surface area contributed by atoms with Gasteiger partial charge in [0.1, 0.15) is 17.6 Å². The van der Waals surface area contributed by atoms with E-state index in [1.54, 1.807) is 12.4 Å². The normalized spacial score (nSPS) is 15.4. The number of hydrogen-bond acceptors (Lipinski definition) is 4. The first kappa shape index (κ1) is 18.1. The van der Waals surface area contributed by atoms with Crippen LogP contribution < -0.4 is 25.4 Å². The summed E-state index contributed by atoms with van der Waals surface area (Å²) in [5.41, 5.74) is 2.03. The number of quaternary nitrogens is 1. The predicted molar refractivity (Wildman–Crippen MR) is 89.0 cm³/mol. The maximum atomic E-state index is 11.9. The summed E-state index contributed by atoms with van der Waals surface area (Å²) >= 11 is 0. The van der Waals surface area contributed by atoms with Gasteiger partial charge in [-0.15, -0.1) is 0 Å². The second-order valence-corrected chi connectivity index (χ2v) is 5.78. The molecule has 1 aromatic rings. The number of benzene rings is 1. The van der Waals surface area contributed by atoms with Crippen molar-refractivity contribution in [3.63, 3.8) is 0 Å². The molecule has 0 spiro atoms. The third kappa shape index (κ3) is 4.86. The summed E-state index contributed by atoms with van der Waals surface area (Å²) < 4.78 is 11.5. The second kappa shape index (κ2) is 8.54. The molecule has 0 saturated carbocycles. The summed E-state index contributed by atoms with van der Waals surface area (Å²) in [6, 6.07) is 3.94. The maximum Gasteiger partial charge on any atom is 0.275 e. The zero-order chi connectivity index (χ0) is 17.5. The summed E-state index contributed by atoms with van der Waals surface area (Å²) in [5.74, 6) is 1.41. The largest absolute Gasteiger partial charge is 0.494 e. The van der Waals surface area contributed by atoms with E-state index >= 15 is 0 Å². The first-order valence-corrected chi connectivity index (χ1v) is 8.27. The number of carbonyl (C=O) groups is 2. The number of amides is 2. The van der Waals surface area contributed by atoms with Crippen molar-refractivity contribution >= 4 is 11.8 Å². The van der Waals surface area contributed by atoms with Gasteiger partial charge in [0, 0.05) is 31.1 Å². The lowest BCUT2D eigenvalue weighted by molar-refractivity contribution is -0.633. The molecule has 0 radical (unpaired) electrons. The van der Waals surface area contributed by atoms with Gasteiger partial charge >= 0.3 is 0 Å². The van der Waals surface area contributed by atoms with Crippen LogP contribution in [-0.4, -0.2) is 44.7 Å². The van der Waals surface area contributed by atoms with Gasteiger partial charge in [0.15, 0.2) is 13.1 Å². The number of nitrogens with two attached hydrogens (primary N) is 1. The number of carbonyl (C=O) groups excluding carboxylic acids is 2. The monoisotopic (exact) mass is 336 g/mol. The Bertz CT molecular complexity index is 604. The zero-order valence-electron chi connectivity index (χ0n) is 14.5. The van der Waals surface area contributed by atoms with E-state index in [0.717, 1.165) is 29.0 Å². The van der Waals surface area contributed by atoms with Gasteiger partial charge in [-0.25, -0.2) is 0 Å². The smallest absolute Gasteiger partial charge is 0.275 e. The van der Waals surface area contributed by atoms with E-state index in [9.17, 15) is 9.59 Å². The summed E-state index contributed by atoms with van der Waals surface area (Å²) in [5, 5.41) is 7.03. The van der Waals surface area contributed by atoms with Crippen LogP contribution in [0.2, 0.25) is 0 Å². The molecule has 0 fully saturated rings. The zero-order valence-corrected chi connectivity index (χ0v) is 14.5. The van der Waals surface area contributed by atoms with E-state index in [-0.39, 0.29) is 31.0 Å². The van der Waals surface area contributed by atoms with Crippen molar-refractivity contribution in [1.29, 1.82) is 0 Å². The Kier molecular flexibility index (Phi) is 6.43. The number of hydrogen-bond donors (Lipinski definition) is 3. The first-order chi connectivity index (χ1) is 11.5. The van der Waals surface area contributed by atoms with Crippen LogP contribution in [0.5, 0.6) is 11.5 Å². The lowest BCUT2D eigenvalue weighted by atomic mass is 10.1. The standard InChI is InChI=1S/C17H25N3O4/c1-4-23-14-6-12-5-11(2)24-15(12)7-13(14)8-20-17(22)10-19-9-16(21)18-3/h6-7,11,19H,4-5,8-10H2,1-3H3,(H,18,21)(H,20,22)/p+1/t11-/m1/s1. The highest BCUT2D eigenvalue weighted by atomic mass is 16.5. The first-order valence-electron chi connectivity index (χ1n) is 8.27. The van der Waals surface area contributed by atoms with Gasteiger partial charge in [-0.3, -0.25) is 9.59 Å². The van der Waals surface area contributed by atoms with Crippen LogP contribution in [-0.2, 0) is 22.6 Å². The van der Waals surface area contributed by atoms with Crippen molar-refractivity contribution in [2.45, 2.75) is 32.9 Å². The molecular weight excluding hydrogens is 310 g/mol. The van der Waals surface area contributed by atoms with Gasteiger partial charge in [0.05, 0.1) is 6.61 Å². The summed E-state index contributed by atoms with van der Waals surface area (Å²) in [6.07, 6.45) is 1.04. The van der Waals surface area contributed by atoms with Gasteiger partial charge < -0.3 is 25.4 Å². The van der Waals surface area contributed by atoms with E-state index in [1.807, 2.05) is 26.0 Å². The molecule has 7 nitrogen and oxygen atoms in total. The Morgan fingerprint density at radius 1 is 1.33 bits per heavy atom. The Balaban J connectivity index is 1.92. The molecule has 1 heterocycles. The van der Waals surface area contributed by atoms with E-state index in [0.29, 0.717) is 13.2 Å². The molecule has 1 aliphatic rings. The lowest BCUT2D eigenvalue weighted by Crippen LogP contribution is -2.88. The molecule has 0 aromatic heterocycles. The number of fused-ring (bicyclic) bond motifs is 1. The number of likely N-dealkylation sites (N-methyl/N-ethyl adjacent to an activating group) is 1. The van der Waals surface area contributed by atoms with Crippen LogP contribution >= 0.6 is 0 Å². The fraction of sp³-hybridized carbons (Fsp3) is 0.529. The SMILES string of the molecule is CCOc1cc2c(cc1CNC(=O)C[NH2+]CC(=O)NC)O[C@H](C)C2. The van der Waals surface area contributed by atoms with Gasteiger partial charge in [-0.1, -0.05) is 0 Å². The van der Waals surface area contributed by atoms with E-state index in [4.69, 9.17) is 9.47 Å². The van der Waals surface area contributed by atoms with Crippen molar-refractivity contribution in [3.8, 4) is 11.5 Å². The van der Waals surface area contributed by atoms with Crippen LogP contribution in [0.15, 0.2) is 12.1 Å². The van der Waals surface area contributed by atoms with Crippen molar-refractivity contribution < 1.29 is 24.4 Å². The topological polar surface area (TPSA) is 93.3 Å². The Hall–Kier alpha value is -2.28. The molecule has 0 saturated heterocycles. The van der Waals surface area contributed by atoms with Crippen molar-refractivity contribution in [2.24, 2.45) is 0 Å². The average Bonchev–Trinajstić information content (AvgIpc) is 2.91. The lowest BCUT2D eigenvalue weighted by Gasteiger charge is -2.13. The third-order valence-corrected chi connectivity index (χ3v) is 3.79. The molecule has 132 valence electrons. The molecule has 1 aromatic carbocycles. The summed E-state index contributed by atoms with van der Waals surface area (Å²) in [7, 11) is 1.57. The van der Waals surface area contributed by atoms with Crippen LogP contribution in [0.4, 0.5) is 0 Å². The van der Waals surface area contributed by atoms with Gasteiger partial charge in [-0.2, -0.15) is 0 Å². The highest BCUT2D eigenvalue weighted by Gasteiger charge is 2.22. The molecule has 2 amide bonds. The van der Waals surface area contributed by atoms with Crippen molar-refractivity contribution in [2.75, 3.05) is 26.7 Å². The second-order valence-electron chi connectivity index (χ2n) is 5.78. The van der Waals surface area contributed by atoms with E-state index in [2.05, 4.69) is 10.6 Å². The predicted octanol–water partition coefficient (Wildman–Crippen LogP) is -0.666. The van der Waals surface area contributed by atoms with E-state index < -0.39 is 0 Å². The van der Waals surface area contributed by atoms with Crippen LogP contribution in [0, 0.1) is 0 Å². The van der Waals surface area contributed by atoms with E-state index in [1.165, 1.54) is 0 Å². The highest BCUT2D eigenvalue weighted by molar-refractivity contribution is 5.78. The van der Waals surface area contributed by atoms with Crippen LogP contribution in [0.25, 0.3) is 0 Å². The number of ether oxygens (including phenoxy) is 2. The van der Waals surface area contributed by atoms with Gasteiger partial charge in [0.2, 0.25) is 0 Å². The molecule has 1 aliphatic heterocycles. The minimum absolute atomic E-state index is 0.105. The third-order valence-electron chi connectivity index (χ3n) is 3.79. The van der Waals surface area contributed by atoms with Crippen LogP contribution in [0.3, 0.4) is 0 Å². The fourth-order valence-electron chi connectivity index (χ4n) is 2.61. The molecule has 24 heavy (non-hydrogen) atoms. The molecule has 7 heteroatoms. The average molecular weight is 336 g/mol. The van der Waals surface area contributed by atoms with Crippen LogP contribution in [0.1, 0.15) is 25.0 Å². The Labute approximate surface area is 142 Å². The molecule has 0 bridgehead atoms. The Morgan fingerprint density at radius 3 is 2.79 bits per heavy atom. The number of rotatable bonds is 8. The minimum atomic E-state index is -0.129. The Morgan fingerprint density at radius 2 is 2.08 bits per heavy atom. The molecular formula is C17H26N3O4+. The molecule has 0 aliphatic carbocycles. The van der Waals surface area contributed by atoms with Crippen molar-refractivity contribution in [3.05, 3.63) is 23.3 Å². The van der Waals surface area contributed by atoms with Gasteiger partial charge in [0.25, 0.3) is 11.8 Å². The quantitative estimate of drug-likeness (QED) is 0.587. The molecule has 2 rings (SSSR count). The molecule has 4 N–H and O–H groups in total. The summed E-state index contributed by atoms with van der Waals surface area (Å²) in [4.78, 5) is 23.0. The van der Waals surface area contributed by atoms with Gasteiger partial charge in [-0.05, 0) is 26.0 Å². The number of nitrogens with one attached hydrogen (secondary N) is 2. The highest BCUT2D eigenvalue weighted by Crippen LogP contribution is 2.35. The minimum Gasteiger partial charge on any atom is -0.494 e.